The van der Waals surface area contributed by atoms with Gasteiger partial charge in [0.2, 0.25) is 0 Å². The lowest BCUT2D eigenvalue weighted by atomic mass is 10.2. The maximum atomic E-state index is 12.0. The Morgan fingerprint density at radius 2 is 2.06 bits per heavy atom. The maximum absolute atomic E-state index is 12.0. The van der Waals surface area contributed by atoms with Crippen LogP contribution in [0, 0.1) is 20.8 Å². The molecule has 17 heavy (non-hydrogen) atoms. The number of carbonyl (C=O) groups is 1. The molecule has 0 bridgehead atoms. The second-order valence-corrected chi connectivity index (χ2v) is 5.13. The van der Waals surface area contributed by atoms with Gasteiger partial charge in [-0.05, 0) is 26.8 Å². The lowest BCUT2D eigenvalue weighted by Crippen LogP contribution is -2.07. The van der Waals surface area contributed by atoms with Crippen LogP contribution in [0.25, 0.3) is 0 Å². The molecular formula is C12H13N3OS. The SMILES string of the molecule is Cc1nccc(C(=O)Cc2nc(C)c(C)s2)n1. The van der Waals surface area contributed by atoms with Crippen LogP contribution in [0.2, 0.25) is 0 Å². The first-order valence-corrected chi connectivity index (χ1v) is 6.13. The van der Waals surface area contributed by atoms with Crippen molar-refractivity contribution >= 4 is 17.1 Å². The van der Waals surface area contributed by atoms with E-state index in [2.05, 4.69) is 15.0 Å². The maximum Gasteiger partial charge on any atom is 0.188 e. The predicted molar refractivity (Wildman–Crippen MR) is 66.4 cm³/mol. The molecule has 0 aliphatic rings. The number of hydrogen-bond acceptors (Lipinski definition) is 5. The predicted octanol–water partition coefficient (Wildman–Crippen LogP) is 2.28. The van der Waals surface area contributed by atoms with Crippen molar-refractivity contribution in [2.75, 3.05) is 0 Å². The molecule has 0 unspecified atom stereocenters. The van der Waals surface area contributed by atoms with E-state index in [1.54, 1.807) is 30.5 Å². The monoisotopic (exact) mass is 247 g/mol. The van der Waals surface area contributed by atoms with Gasteiger partial charge in [-0.1, -0.05) is 0 Å². The van der Waals surface area contributed by atoms with E-state index in [4.69, 9.17) is 0 Å². The van der Waals surface area contributed by atoms with Crippen molar-refractivity contribution in [1.29, 1.82) is 0 Å². The van der Waals surface area contributed by atoms with E-state index < -0.39 is 0 Å². The van der Waals surface area contributed by atoms with Crippen LogP contribution in [-0.2, 0) is 6.42 Å². The highest BCUT2D eigenvalue weighted by atomic mass is 32.1. The van der Waals surface area contributed by atoms with E-state index >= 15 is 0 Å². The van der Waals surface area contributed by atoms with Crippen LogP contribution in [0.4, 0.5) is 0 Å². The summed E-state index contributed by atoms with van der Waals surface area (Å²) in [5.74, 6) is 0.603. The van der Waals surface area contributed by atoms with Gasteiger partial charge in [0.05, 0.1) is 12.1 Å². The fraction of sp³-hybridized carbons (Fsp3) is 0.333. The average Bonchev–Trinajstić information content (AvgIpc) is 2.58. The third-order valence-corrected chi connectivity index (χ3v) is 3.52. The minimum Gasteiger partial charge on any atom is -0.292 e. The molecule has 4 nitrogen and oxygen atoms in total. The van der Waals surface area contributed by atoms with E-state index in [1.807, 2.05) is 13.8 Å². The molecule has 0 aliphatic carbocycles. The van der Waals surface area contributed by atoms with Gasteiger partial charge in [-0.3, -0.25) is 4.79 Å². The van der Waals surface area contributed by atoms with Crippen LogP contribution in [0.3, 0.4) is 0 Å². The molecule has 0 spiro atoms. The van der Waals surface area contributed by atoms with Gasteiger partial charge in [0.25, 0.3) is 0 Å². The van der Waals surface area contributed by atoms with Crippen molar-refractivity contribution in [3.63, 3.8) is 0 Å². The molecule has 0 saturated carbocycles. The van der Waals surface area contributed by atoms with Crippen molar-refractivity contribution < 1.29 is 4.79 Å². The first kappa shape index (κ1) is 11.9. The van der Waals surface area contributed by atoms with Crippen LogP contribution in [0.1, 0.15) is 31.9 Å². The summed E-state index contributed by atoms with van der Waals surface area (Å²) < 4.78 is 0. The number of hydrogen-bond donors (Lipinski definition) is 0. The van der Waals surface area contributed by atoms with E-state index in [1.165, 1.54) is 0 Å². The van der Waals surface area contributed by atoms with E-state index in [9.17, 15) is 4.79 Å². The zero-order valence-corrected chi connectivity index (χ0v) is 10.8. The highest BCUT2D eigenvalue weighted by molar-refractivity contribution is 7.11. The van der Waals surface area contributed by atoms with Crippen LogP contribution in [0.5, 0.6) is 0 Å². The summed E-state index contributed by atoms with van der Waals surface area (Å²) >= 11 is 1.57. The van der Waals surface area contributed by atoms with Crippen LogP contribution in [-0.4, -0.2) is 20.7 Å². The minimum absolute atomic E-state index is 0.00995. The molecule has 5 heteroatoms. The summed E-state index contributed by atoms with van der Waals surface area (Å²) in [4.78, 5) is 25.6. The smallest absolute Gasteiger partial charge is 0.188 e. The van der Waals surface area contributed by atoms with Crippen molar-refractivity contribution in [1.82, 2.24) is 15.0 Å². The molecule has 0 radical (unpaired) electrons. The number of thiazole rings is 1. The topological polar surface area (TPSA) is 55.7 Å². The van der Waals surface area contributed by atoms with Crippen LogP contribution < -0.4 is 0 Å². The largest absolute Gasteiger partial charge is 0.292 e. The summed E-state index contributed by atoms with van der Waals surface area (Å²) in [5, 5.41) is 0.848. The Kier molecular flexibility index (Phi) is 3.28. The van der Waals surface area contributed by atoms with Gasteiger partial charge in [-0.2, -0.15) is 0 Å². The van der Waals surface area contributed by atoms with Crippen molar-refractivity contribution in [2.45, 2.75) is 27.2 Å². The second-order valence-electron chi connectivity index (χ2n) is 3.84. The Balaban J connectivity index is 2.17. The van der Waals surface area contributed by atoms with Gasteiger partial charge >= 0.3 is 0 Å². The number of aryl methyl sites for hydroxylation is 3. The number of rotatable bonds is 3. The number of carbonyl (C=O) groups excluding carboxylic acids is 1. The summed E-state index contributed by atoms with van der Waals surface area (Å²) in [5.41, 5.74) is 1.46. The molecule has 88 valence electrons. The molecule has 0 amide bonds. The third kappa shape index (κ3) is 2.74. The van der Waals surface area contributed by atoms with Crippen LogP contribution >= 0.6 is 11.3 Å². The number of ketones is 1. The lowest BCUT2D eigenvalue weighted by molar-refractivity contribution is 0.0987. The third-order valence-electron chi connectivity index (χ3n) is 2.45. The molecule has 2 aromatic rings. The summed E-state index contributed by atoms with van der Waals surface area (Å²) in [7, 11) is 0. The van der Waals surface area contributed by atoms with E-state index in [-0.39, 0.29) is 5.78 Å². The molecule has 0 N–H and O–H groups in total. The normalized spacial score (nSPS) is 10.5. The zero-order chi connectivity index (χ0) is 12.4. The Morgan fingerprint density at radius 1 is 1.29 bits per heavy atom. The number of nitrogens with zero attached hydrogens (tertiary/aromatic N) is 3. The van der Waals surface area contributed by atoms with Crippen molar-refractivity contribution in [2.24, 2.45) is 0 Å². The molecule has 0 saturated heterocycles. The van der Waals surface area contributed by atoms with E-state index in [0.29, 0.717) is 17.9 Å². The fourth-order valence-corrected chi connectivity index (χ4v) is 2.39. The van der Waals surface area contributed by atoms with Gasteiger partial charge in [0.15, 0.2) is 5.78 Å². The summed E-state index contributed by atoms with van der Waals surface area (Å²) in [6.07, 6.45) is 1.92. The Bertz CT molecular complexity index is 543. The molecule has 0 aliphatic heterocycles. The standard InChI is InChI=1S/C12H13N3OS/c1-7-8(2)17-12(14-7)6-11(16)10-4-5-13-9(3)15-10/h4-5H,6H2,1-3H3. The first-order valence-electron chi connectivity index (χ1n) is 5.32. The average molecular weight is 247 g/mol. The lowest BCUT2D eigenvalue weighted by Gasteiger charge is -1.98. The fourth-order valence-electron chi connectivity index (χ4n) is 1.45. The highest BCUT2D eigenvalue weighted by Crippen LogP contribution is 2.17. The molecule has 0 fully saturated rings. The Morgan fingerprint density at radius 3 is 2.65 bits per heavy atom. The van der Waals surface area contributed by atoms with Crippen molar-refractivity contribution in [3.05, 3.63) is 39.4 Å². The molecular weight excluding hydrogens is 234 g/mol. The van der Waals surface area contributed by atoms with Crippen molar-refractivity contribution in [3.8, 4) is 0 Å². The summed E-state index contributed by atoms with van der Waals surface area (Å²) in [6.45, 7) is 5.74. The van der Waals surface area contributed by atoms with E-state index in [0.717, 1.165) is 15.6 Å². The molecule has 2 rings (SSSR count). The quantitative estimate of drug-likeness (QED) is 0.781. The molecule has 2 aromatic heterocycles. The van der Waals surface area contributed by atoms with Gasteiger partial charge in [-0.25, -0.2) is 15.0 Å². The minimum atomic E-state index is -0.00995. The zero-order valence-electron chi connectivity index (χ0n) is 10.0. The van der Waals surface area contributed by atoms with Gasteiger partial charge in [0.1, 0.15) is 16.5 Å². The Hall–Kier alpha value is -1.62. The Labute approximate surface area is 104 Å². The highest BCUT2D eigenvalue weighted by Gasteiger charge is 2.12. The molecule has 0 aromatic carbocycles. The molecule has 2 heterocycles. The van der Waals surface area contributed by atoms with Gasteiger partial charge in [0, 0.05) is 11.1 Å². The second kappa shape index (κ2) is 4.71. The van der Waals surface area contributed by atoms with Gasteiger partial charge in [-0.15, -0.1) is 11.3 Å². The summed E-state index contributed by atoms with van der Waals surface area (Å²) in [6, 6.07) is 1.64. The number of aromatic nitrogens is 3. The van der Waals surface area contributed by atoms with Crippen LogP contribution in [0.15, 0.2) is 12.3 Å². The number of Topliss-reactive ketones (excluding diaryl/α,β-unsaturated/α-hetero) is 1. The molecule has 0 atom stereocenters. The van der Waals surface area contributed by atoms with Gasteiger partial charge < -0.3 is 0 Å². The first-order chi connectivity index (χ1) is 8.06.